The van der Waals surface area contributed by atoms with Gasteiger partial charge in [-0.2, -0.15) is 0 Å². The number of benzene rings is 1. The third-order valence-electron chi connectivity index (χ3n) is 6.15. The van der Waals surface area contributed by atoms with Gasteiger partial charge in [0.1, 0.15) is 4.90 Å². The van der Waals surface area contributed by atoms with Crippen LogP contribution < -0.4 is 4.90 Å². The monoisotopic (exact) mass is 463 g/mol. The number of ketones is 1. The van der Waals surface area contributed by atoms with Gasteiger partial charge in [0.25, 0.3) is 39.1 Å². The molecule has 32 heavy (non-hydrogen) atoms. The summed E-state index contributed by atoms with van der Waals surface area (Å²) in [6, 6.07) is 0. The van der Waals surface area contributed by atoms with Crippen LogP contribution in [0.4, 0.5) is 5.69 Å². The molecule has 0 radical (unpaired) electrons. The van der Waals surface area contributed by atoms with Gasteiger partial charge in [-0.1, -0.05) is 0 Å². The number of anilines is 1. The topological polar surface area (TPSA) is 146 Å². The minimum atomic E-state index is -4.54. The van der Waals surface area contributed by atoms with E-state index in [1.807, 2.05) is 0 Å². The molecule has 0 unspecified atom stereocenters. The summed E-state index contributed by atoms with van der Waals surface area (Å²) in [4.78, 5) is 75.2. The summed E-state index contributed by atoms with van der Waals surface area (Å²) in [5, 5.41) is 0. The Morgan fingerprint density at radius 3 is 1.72 bits per heavy atom. The summed E-state index contributed by atoms with van der Waals surface area (Å²) < 4.78 is 26.9. The molecule has 1 aromatic rings. The maximum absolute atomic E-state index is 13.2. The number of carbonyl (C=O) groups excluding carboxylic acids is 6. The van der Waals surface area contributed by atoms with E-state index in [9.17, 15) is 37.2 Å². The molecule has 2 heterocycles. The van der Waals surface area contributed by atoms with Crippen molar-refractivity contribution in [2.75, 3.05) is 19.0 Å². The van der Waals surface area contributed by atoms with Gasteiger partial charge in [-0.3, -0.25) is 33.7 Å². The minimum Gasteiger partial charge on any atom is -0.294 e. The van der Waals surface area contributed by atoms with Gasteiger partial charge in [0, 0.05) is 26.6 Å². The van der Waals surface area contributed by atoms with Crippen LogP contribution in [0.25, 0.3) is 0 Å². The summed E-state index contributed by atoms with van der Waals surface area (Å²) in [7, 11) is -2.38. The summed E-state index contributed by atoms with van der Waals surface area (Å²) >= 11 is 0. The van der Waals surface area contributed by atoms with E-state index < -0.39 is 55.7 Å². The second-order valence-electron chi connectivity index (χ2n) is 7.84. The highest BCUT2D eigenvalue weighted by molar-refractivity contribution is 7.89. The SMILES string of the molecule is CC(=O)c1c(C)c(C)c(N2C(=O)C3(C(=O)N(C)C3=O)C2=O)c(C)c1S(=O)(=O)N(C)C(C)=O. The van der Waals surface area contributed by atoms with Crippen LogP contribution in [0.3, 0.4) is 0 Å². The van der Waals surface area contributed by atoms with Crippen LogP contribution in [0.5, 0.6) is 0 Å². The molecular weight excluding hydrogens is 442 g/mol. The highest BCUT2D eigenvalue weighted by Gasteiger charge is 2.80. The zero-order chi connectivity index (χ0) is 24.7. The normalized spacial score (nSPS) is 17.5. The molecule has 1 spiro atoms. The molecule has 12 heteroatoms. The largest absolute Gasteiger partial charge is 0.294 e. The first-order valence-electron chi connectivity index (χ1n) is 9.43. The average molecular weight is 463 g/mol. The van der Waals surface area contributed by atoms with Crippen LogP contribution in [-0.2, 0) is 34.0 Å². The van der Waals surface area contributed by atoms with E-state index in [-0.39, 0.29) is 27.9 Å². The van der Waals surface area contributed by atoms with Crippen molar-refractivity contribution >= 4 is 51.0 Å². The van der Waals surface area contributed by atoms with Gasteiger partial charge in [0.05, 0.1) is 5.69 Å². The van der Waals surface area contributed by atoms with E-state index in [0.29, 0.717) is 14.1 Å². The van der Waals surface area contributed by atoms with Crippen molar-refractivity contribution < 1.29 is 37.2 Å². The lowest BCUT2D eigenvalue weighted by Crippen LogP contribution is -2.84. The number of sulfonamides is 1. The van der Waals surface area contributed by atoms with Gasteiger partial charge in [-0.05, 0) is 44.4 Å². The molecule has 170 valence electrons. The Labute approximate surface area is 184 Å². The van der Waals surface area contributed by atoms with Gasteiger partial charge in [0.2, 0.25) is 5.91 Å². The lowest BCUT2D eigenvalue weighted by atomic mass is 9.68. The van der Waals surface area contributed by atoms with E-state index in [1.54, 1.807) is 0 Å². The number of hydrogen-bond acceptors (Lipinski definition) is 8. The second-order valence-corrected chi connectivity index (χ2v) is 9.75. The number of hydrogen-bond donors (Lipinski definition) is 0. The molecule has 11 nitrogen and oxygen atoms in total. The van der Waals surface area contributed by atoms with Crippen molar-refractivity contribution in [3.05, 3.63) is 22.3 Å². The molecule has 0 saturated carbocycles. The van der Waals surface area contributed by atoms with Crippen molar-refractivity contribution in [3.63, 3.8) is 0 Å². The van der Waals surface area contributed by atoms with Gasteiger partial charge in [-0.15, -0.1) is 0 Å². The van der Waals surface area contributed by atoms with Crippen molar-refractivity contribution in [3.8, 4) is 0 Å². The molecule has 0 aromatic heterocycles. The Morgan fingerprint density at radius 1 is 0.844 bits per heavy atom. The Bertz CT molecular complexity index is 1260. The third kappa shape index (κ3) is 2.43. The number of rotatable bonds is 4. The number of Topliss-reactive ketones (excluding diaryl/α,β-unsaturated/α-hetero) is 1. The Balaban J connectivity index is 2.33. The lowest BCUT2D eigenvalue weighted by molar-refractivity contribution is -0.184. The first kappa shape index (κ1) is 23.3. The highest BCUT2D eigenvalue weighted by atomic mass is 32.2. The number of carbonyl (C=O) groups is 6. The molecule has 0 aliphatic carbocycles. The summed E-state index contributed by atoms with van der Waals surface area (Å²) in [6.45, 7) is 6.40. The van der Waals surface area contributed by atoms with Crippen LogP contribution in [0.15, 0.2) is 4.90 Å². The van der Waals surface area contributed by atoms with Crippen LogP contribution >= 0.6 is 0 Å². The predicted octanol–water partition coefficient (Wildman–Crippen LogP) is -0.160. The summed E-state index contributed by atoms with van der Waals surface area (Å²) in [5.74, 6) is -5.49. The highest BCUT2D eigenvalue weighted by Crippen LogP contribution is 2.49. The fourth-order valence-electron chi connectivity index (χ4n) is 4.17. The van der Waals surface area contributed by atoms with Crippen LogP contribution in [0.1, 0.15) is 40.9 Å². The molecule has 2 aliphatic rings. The van der Waals surface area contributed by atoms with Gasteiger partial charge < -0.3 is 0 Å². The molecule has 0 N–H and O–H groups in total. The molecule has 5 amide bonds. The number of nitrogens with zero attached hydrogens (tertiary/aromatic N) is 3. The smallest absolute Gasteiger partial charge is 0.285 e. The van der Waals surface area contributed by atoms with Gasteiger partial charge in [-0.25, -0.2) is 17.6 Å². The standard InChI is InChI=1S/C20H21N3O8S/c1-8-9(2)14(23-18(28)20(19(23)29)16(26)21(6)17(20)27)10(3)15(13(8)11(4)24)32(30,31)22(7)12(5)25/h1-7H3. The van der Waals surface area contributed by atoms with Gasteiger partial charge >= 0.3 is 0 Å². The Hall–Kier alpha value is -3.41. The lowest BCUT2D eigenvalue weighted by Gasteiger charge is -2.52. The fraction of sp³-hybridized carbons (Fsp3) is 0.400. The van der Waals surface area contributed by atoms with Crippen molar-refractivity contribution in [1.82, 2.24) is 9.21 Å². The molecule has 2 fully saturated rings. The van der Waals surface area contributed by atoms with E-state index in [4.69, 9.17) is 0 Å². The number of imide groups is 2. The predicted molar refractivity (Wildman–Crippen MR) is 109 cm³/mol. The number of β-lactam (4-membered cyclic amide) rings is 4. The minimum absolute atomic E-state index is 0.129. The van der Waals surface area contributed by atoms with E-state index >= 15 is 0 Å². The van der Waals surface area contributed by atoms with Crippen molar-refractivity contribution in [1.29, 1.82) is 0 Å². The number of likely N-dealkylation sites (tertiary alicyclic amines) is 1. The maximum Gasteiger partial charge on any atom is 0.285 e. The Kier molecular flexibility index (Phi) is 4.94. The third-order valence-corrected chi connectivity index (χ3v) is 8.16. The van der Waals surface area contributed by atoms with Crippen LogP contribution in [0.2, 0.25) is 0 Å². The van der Waals surface area contributed by atoms with E-state index in [2.05, 4.69) is 0 Å². The van der Waals surface area contributed by atoms with Crippen molar-refractivity contribution in [2.24, 2.45) is 5.41 Å². The zero-order valence-corrected chi connectivity index (χ0v) is 19.3. The first-order chi connectivity index (χ1) is 14.6. The molecule has 0 atom stereocenters. The zero-order valence-electron chi connectivity index (χ0n) is 18.5. The van der Waals surface area contributed by atoms with Crippen LogP contribution in [0, 0.1) is 26.2 Å². The molecular formula is C20H21N3O8S. The summed E-state index contributed by atoms with van der Waals surface area (Å²) in [5.41, 5.74) is -2.45. The van der Waals surface area contributed by atoms with Crippen LogP contribution in [-0.4, -0.2) is 67.0 Å². The van der Waals surface area contributed by atoms with Gasteiger partial charge in [0.15, 0.2) is 5.78 Å². The molecule has 2 aliphatic heterocycles. The molecule has 0 bridgehead atoms. The van der Waals surface area contributed by atoms with E-state index in [0.717, 1.165) is 27.9 Å². The van der Waals surface area contributed by atoms with E-state index in [1.165, 1.54) is 20.8 Å². The Morgan fingerprint density at radius 2 is 1.31 bits per heavy atom. The summed E-state index contributed by atoms with van der Waals surface area (Å²) in [6.07, 6.45) is 0. The quantitative estimate of drug-likeness (QED) is 0.340. The second kappa shape index (κ2) is 6.79. The molecule has 1 aromatic carbocycles. The molecule has 2 saturated heterocycles. The average Bonchev–Trinajstić information content (AvgIpc) is 2.71. The molecule has 3 rings (SSSR count). The van der Waals surface area contributed by atoms with Crippen molar-refractivity contribution in [2.45, 2.75) is 39.5 Å². The fourth-order valence-corrected chi connectivity index (χ4v) is 5.82. The first-order valence-corrected chi connectivity index (χ1v) is 10.9. The number of amides is 5. The maximum atomic E-state index is 13.2.